The third-order valence-corrected chi connectivity index (χ3v) is 4.63. The quantitative estimate of drug-likeness (QED) is 0.521. The van der Waals surface area contributed by atoms with Crippen LogP contribution in [0.3, 0.4) is 0 Å². The fourth-order valence-electron chi connectivity index (χ4n) is 3.37. The fraction of sp³-hybridized carbons (Fsp3) is 0.105. The van der Waals surface area contributed by atoms with E-state index >= 15 is 0 Å². The van der Waals surface area contributed by atoms with E-state index < -0.39 is 0 Å². The molecule has 4 N–H and O–H groups in total. The molecule has 0 saturated heterocycles. The van der Waals surface area contributed by atoms with Crippen molar-refractivity contribution < 1.29 is 0 Å². The average molecular weight is 343 g/mol. The van der Waals surface area contributed by atoms with Crippen molar-refractivity contribution in [3.8, 4) is 11.3 Å². The summed E-state index contributed by atoms with van der Waals surface area (Å²) in [5, 5.41) is 10.4. The number of anilines is 1. The van der Waals surface area contributed by atoms with E-state index in [1.54, 1.807) is 6.20 Å². The third kappa shape index (κ3) is 2.17. The van der Waals surface area contributed by atoms with E-state index in [0.29, 0.717) is 11.9 Å². The number of hydrogen-bond donors (Lipinski definition) is 3. The Morgan fingerprint density at radius 2 is 1.88 bits per heavy atom. The molecule has 0 bridgehead atoms. The first-order valence-electron chi connectivity index (χ1n) is 8.38. The van der Waals surface area contributed by atoms with Crippen molar-refractivity contribution in [1.82, 2.24) is 19.7 Å². The van der Waals surface area contributed by atoms with Gasteiger partial charge in [-0.3, -0.25) is 15.0 Å². The van der Waals surface area contributed by atoms with Crippen LogP contribution in [0, 0.1) is 6.92 Å². The van der Waals surface area contributed by atoms with Crippen LogP contribution < -0.4 is 11.1 Å². The summed E-state index contributed by atoms with van der Waals surface area (Å²) < 4.78 is 2.05. The van der Waals surface area contributed by atoms with E-state index in [1.807, 2.05) is 28.8 Å². The largest absolute Gasteiger partial charge is 0.370 e. The Morgan fingerprint density at radius 1 is 1.08 bits per heavy atom. The number of nitrogens with one attached hydrogen (secondary N) is 2. The van der Waals surface area contributed by atoms with Crippen molar-refractivity contribution in [3.05, 3.63) is 65.9 Å². The van der Waals surface area contributed by atoms with Gasteiger partial charge in [-0.05, 0) is 24.6 Å². The molecule has 4 aromatic rings. The second-order valence-corrected chi connectivity index (χ2v) is 6.37. The first kappa shape index (κ1) is 14.7. The molecular formula is C19H17N7. The zero-order chi connectivity index (χ0) is 17.7. The summed E-state index contributed by atoms with van der Waals surface area (Å²) in [4.78, 5) is 9.28. The fourth-order valence-corrected chi connectivity index (χ4v) is 3.37. The van der Waals surface area contributed by atoms with E-state index in [1.165, 1.54) is 5.56 Å². The molecule has 0 amide bonds. The van der Waals surface area contributed by atoms with Crippen LogP contribution in [0.15, 0.2) is 59.7 Å². The van der Waals surface area contributed by atoms with Crippen LogP contribution in [0.2, 0.25) is 0 Å². The number of aryl methyl sites for hydroxylation is 1. The summed E-state index contributed by atoms with van der Waals surface area (Å²) in [5.74, 6) is 1.02. The van der Waals surface area contributed by atoms with Crippen LogP contribution >= 0.6 is 0 Å². The highest BCUT2D eigenvalue weighted by Crippen LogP contribution is 2.36. The van der Waals surface area contributed by atoms with Gasteiger partial charge in [0.1, 0.15) is 0 Å². The Labute approximate surface area is 149 Å². The highest BCUT2D eigenvalue weighted by Gasteiger charge is 2.28. The number of H-pyrrole nitrogens is 1. The molecule has 0 saturated carbocycles. The Kier molecular flexibility index (Phi) is 3.08. The molecule has 0 fully saturated rings. The molecule has 2 aromatic heterocycles. The standard InChI is InChI=1S/C19H17N7/c1-11-6-8-12(9-7-11)16-13(10-21-25-16)17-23-18(20)24-19-22-14-4-2-3-5-15(14)26(17)19/h2-10,17H,1H3,(H,21,25)(H3,20,22,23,24)/t17-/m1/s1. The Morgan fingerprint density at radius 3 is 2.73 bits per heavy atom. The van der Waals surface area contributed by atoms with Gasteiger partial charge in [0.2, 0.25) is 5.95 Å². The summed E-state index contributed by atoms with van der Waals surface area (Å²) >= 11 is 0. The highest BCUT2D eigenvalue weighted by molar-refractivity contribution is 5.94. The van der Waals surface area contributed by atoms with Crippen molar-refractivity contribution in [1.29, 1.82) is 0 Å². The van der Waals surface area contributed by atoms with Gasteiger partial charge in [-0.25, -0.2) is 9.98 Å². The van der Waals surface area contributed by atoms with Crippen LogP contribution in [0.1, 0.15) is 17.3 Å². The molecule has 1 aliphatic heterocycles. The van der Waals surface area contributed by atoms with E-state index in [4.69, 9.17) is 5.73 Å². The van der Waals surface area contributed by atoms with Gasteiger partial charge in [0.05, 0.1) is 22.9 Å². The number of rotatable bonds is 2. The normalized spacial score (nSPS) is 16.2. The molecular weight excluding hydrogens is 326 g/mol. The predicted molar refractivity (Wildman–Crippen MR) is 102 cm³/mol. The average Bonchev–Trinajstić information content (AvgIpc) is 3.26. The minimum atomic E-state index is -0.339. The number of nitrogens with zero attached hydrogens (tertiary/aromatic N) is 4. The molecule has 2 aromatic carbocycles. The van der Waals surface area contributed by atoms with Crippen molar-refractivity contribution in [2.45, 2.75) is 13.1 Å². The van der Waals surface area contributed by atoms with E-state index in [9.17, 15) is 0 Å². The lowest BCUT2D eigenvalue weighted by molar-refractivity contribution is 0.628. The van der Waals surface area contributed by atoms with Crippen LogP contribution in [-0.2, 0) is 0 Å². The zero-order valence-electron chi connectivity index (χ0n) is 14.1. The molecule has 1 atom stereocenters. The van der Waals surface area contributed by atoms with E-state index in [-0.39, 0.29) is 6.17 Å². The number of hydrogen-bond acceptors (Lipinski definition) is 5. The van der Waals surface area contributed by atoms with Crippen LogP contribution in [-0.4, -0.2) is 25.7 Å². The molecule has 7 heteroatoms. The summed E-state index contributed by atoms with van der Waals surface area (Å²) in [7, 11) is 0. The SMILES string of the molecule is Cc1ccc(-c2[nH]ncc2[C@@H]2N=C(N)Nc3nc4ccccc4n32)cc1. The molecule has 0 radical (unpaired) electrons. The summed E-state index contributed by atoms with van der Waals surface area (Å²) in [6, 6.07) is 16.3. The first-order valence-corrected chi connectivity index (χ1v) is 8.38. The molecule has 7 nitrogen and oxygen atoms in total. The van der Waals surface area contributed by atoms with Gasteiger partial charge < -0.3 is 5.73 Å². The lowest BCUT2D eigenvalue weighted by atomic mass is 10.0. The Hall–Kier alpha value is -3.61. The van der Waals surface area contributed by atoms with Gasteiger partial charge in [-0.2, -0.15) is 5.10 Å². The van der Waals surface area contributed by atoms with Gasteiger partial charge in [0, 0.05) is 5.56 Å². The second-order valence-electron chi connectivity index (χ2n) is 6.37. The van der Waals surface area contributed by atoms with Crippen molar-refractivity contribution in [2.24, 2.45) is 10.7 Å². The number of imidazole rings is 1. The zero-order valence-corrected chi connectivity index (χ0v) is 14.1. The minimum Gasteiger partial charge on any atom is -0.370 e. The lowest BCUT2D eigenvalue weighted by Gasteiger charge is -2.23. The minimum absolute atomic E-state index is 0.339. The molecule has 0 spiro atoms. The maximum Gasteiger partial charge on any atom is 0.212 e. The maximum absolute atomic E-state index is 6.03. The molecule has 3 heterocycles. The van der Waals surface area contributed by atoms with Gasteiger partial charge in [-0.15, -0.1) is 0 Å². The number of benzene rings is 2. The number of aliphatic imine (C=N–C) groups is 1. The van der Waals surface area contributed by atoms with Crippen molar-refractivity contribution in [3.63, 3.8) is 0 Å². The topological polar surface area (TPSA) is 96.9 Å². The van der Waals surface area contributed by atoms with Crippen LogP contribution in [0.4, 0.5) is 5.95 Å². The van der Waals surface area contributed by atoms with Gasteiger partial charge in [-0.1, -0.05) is 42.0 Å². The number of aromatic nitrogens is 4. The van der Waals surface area contributed by atoms with Gasteiger partial charge in [0.25, 0.3) is 0 Å². The Balaban J connectivity index is 1.71. The first-order chi connectivity index (χ1) is 12.7. The number of fused-ring (bicyclic) bond motifs is 3. The Bertz CT molecular complexity index is 1130. The van der Waals surface area contributed by atoms with Crippen LogP contribution in [0.25, 0.3) is 22.3 Å². The third-order valence-electron chi connectivity index (χ3n) is 4.63. The summed E-state index contributed by atoms with van der Waals surface area (Å²) in [6.45, 7) is 2.07. The van der Waals surface area contributed by atoms with Crippen molar-refractivity contribution >= 4 is 22.9 Å². The molecule has 0 unspecified atom stereocenters. The van der Waals surface area contributed by atoms with Crippen LogP contribution in [0.5, 0.6) is 0 Å². The number of nitrogens with two attached hydrogens (primary N) is 1. The number of aromatic amines is 1. The van der Waals surface area contributed by atoms with Gasteiger partial charge >= 0.3 is 0 Å². The highest BCUT2D eigenvalue weighted by atomic mass is 15.4. The van der Waals surface area contributed by atoms with Gasteiger partial charge in [0.15, 0.2) is 12.1 Å². The monoisotopic (exact) mass is 343 g/mol. The predicted octanol–water partition coefficient (Wildman–Crippen LogP) is 3.02. The molecule has 0 aliphatic carbocycles. The lowest BCUT2D eigenvalue weighted by Crippen LogP contribution is -2.31. The van der Waals surface area contributed by atoms with E-state index in [0.717, 1.165) is 27.9 Å². The molecule has 5 rings (SSSR count). The second kappa shape index (κ2) is 5.45. The summed E-state index contributed by atoms with van der Waals surface area (Å²) in [5.41, 5.74) is 12.1. The number of para-hydroxylation sites is 2. The maximum atomic E-state index is 6.03. The molecule has 1 aliphatic rings. The number of guanidine groups is 1. The summed E-state index contributed by atoms with van der Waals surface area (Å²) in [6.07, 6.45) is 1.47. The smallest absolute Gasteiger partial charge is 0.212 e. The molecule has 26 heavy (non-hydrogen) atoms. The van der Waals surface area contributed by atoms with Crippen molar-refractivity contribution in [2.75, 3.05) is 5.32 Å². The molecule has 128 valence electrons. The van der Waals surface area contributed by atoms with E-state index in [2.05, 4.69) is 56.7 Å².